The van der Waals surface area contributed by atoms with Crippen LogP contribution in [0.1, 0.15) is 28.6 Å². The van der Waals surface area contributed by atoms with Crippen molar-refractivity contribution in [2.45, 2.75) is 27.2 Å². The number of nitrogens with one attached hydrogen (secondary N) is 1. The highest BCUT2D eigenvalue weighted by molar-refractivity contribution is 4.65. The zero-order valence-electron chi connectivity index (χ0n) is 8.02. The Hall–Kier alpha value is -0.0800. The summed E-state index contributed by atoms with van der Waals surface area (Å²) in [5.41, 5.74) is 0. The maximum absolute atomic E-state index is 5.21. The lowest BCUT2D eigenvalue weighted by Gasteiger charge is -2.05. The summed E-state index contributed by atoms with van der Waals surface area (Å²) in [5, 5.41) is 3.31. The lowest BCUT2D eigenvalue weighted by molar-refractivity contribution is 0.185. The smallest absolute Gasteiger partial charge is 0.0507 e. The Kier molecular flexibility index (Phi) is 7.96. The van der Waals surface area contributed by atoms with Crippen LogP contribution in [0.15, 0.2) is 0 Å². The summed E-state index contributed by atoms with van der Waals surface area (Å²) >= 11 is 0. The summed E-state index contributed by atoms with van der Waals surface area (Å²) in [5.74, 6) is 0.782. The third kappa shape index (κ3) is 5.22. The quantitative estimate of drug-likeness (QED) is 0.682. The highest BCUT2D eigenvalue weighted by Crippen LogP contribution is 2.09. The first kappa shape index (κ1) is 10.9. The first-order chi connectivity index (χ1) is 5.43. The molecule has 1 N–H and O–H groups in total. The van der Waals surface area contributed by atoms with E-state index in [9.17, 15) is 0 Å². The molecule has 1 aliphatic heterocycles. The fourth-order valence-corrected chi connectivity index (χ4v) is 1.09. The van der Waals surface area contributed by atoms with Crippen molar-refractivity contribution < 1.29 is 6.16 Å². The highest BCUT2D eigenvalue weighted by atomic mass is 16.5. The normalized spacial score (nSPS) is 22.6. The molecule has 1 fully saturated rings. The fourth-order valence-electron chi connectivity index (χ4n) is 1.09. The lowest BCUT2D eigenvalue weighted by Crippen LogP contribution is -2.22. The summed E-state index contributed by atoms with van der Waals surface area (Å²) < 4.78 is 5.21. The zero-order chi connectivity index (χ0) is 8.53. The van der Waals surface area contributed by atoms with E-state index in [0.717, 1.165) is 32.2 Å². The number of ether oxygens (including phenoxy) is 1. The van der Waals surface area contributed by atoms with Crippen molar-refractivity contribution in [1.82, 2.24) is 5.32 Å². The highest BCUT2D eigenvalue weighted by Gasteiger charge is 2.13. The van der Waals surface area contributed by atoms with Crippen LogP contribution in [0.2, 0.25) is 0 Å². The molecule has 0 radical (unpaired) electrons. The maximum Gasteiger partial charge on any atom is 0.0507 e. The molecule has 1 atom stereocenters. The van der Waals surface area contributed by atoms with E-state index in [4.69, 9.17) is 4.74 Å². The minimum Gasteiger partial charge on any atom is -0.381 e. The van der Waals surface area contributed by atoms with Crippen molar-refractivity contribution in [3.05, 3.63) is 0 Å². The molecular formula is C9H23NO. The predicted molar refractivity (Wildman–Crippen MR) is 50.9 cm³/mol. The second-order valence-corrected chi connectivity index (χ2v) is 2.54. The molecule has 0 aromatic carbocycles. The van der Waals surface area contributed by atoms with E-state index in [1.165, 1.54) is 6.42 Å². The van der Waals surface area contributed by atoms with Crippen molar-refractivity contribution in [1.29, 1.82) is 0 Å². The molecule has 0 aromatic heterocycles. The van der Waals surface area contributed by atoms with Gasteiger partial charge in [0.15, 0.2) is 0 Å². The van der Waals surface area contributed by atoms with Gasteiger partial charge < -0.3 is 10.1 Å². The monoisotopic (exact) mass is 161 g/mol. The average Bonchev–Trinajstić information content (AvgIpc) is 2.57. The van der Waals surface area contributed by atoms with E-state index in [0.29, 0.717) is 0 Å². The van der Waals surface area contributed by atoms with Gasteiger partial charge in [0.2, 0.25) is 0 Å². The predicted octanol–water partition coefficient (Wildman–Crippen LogP) is 1.90. The van der Waals surface area contributed by atoms with Crippen LogP contribution < -0.4 is 5.32 Å². The molecule has 1 unspecified atom stereocenters. The zero-order valence-corrected chi connectivity index (χ0v) is 8.02. The van der Waals surface area contributed by atoms with Crippen LogP contribution in [0.5, 0.6) is 0 Å². The molecule has 1 rings (SSSR count). The number of rotatable bonds is 3. The molecule has 70 valence electrons. The fraction of sp³-hybridized carbons (Fsp3) is 1.00. The average molecular weight is 161 g/mol. The van der Waals surface area contributed by atoms with Crippen molar-refractivity contribution in [3.63, 3.8) is 0 Å². The van der Waals surface area contributed by atoms with Crippen LogP contribution in [0.4, 0.5) is 0 Å². The second-order valence-electron chi connectivity index (χ2n) is 2.54. The molecule has 0 bridgehead atoms. The maximum atomic E-state index is 5.21. The van der Waals surface area contributed by atoms with Crippen molar-refractivity contribution >= 4 is 0 Å². The lowest BCUT2D eigenvalue weighted by atomic mass is 10.1. The topological polar surface area (TPSA) is 21.3 Å². The second kappa shape index (κ2) is 8.02. The SMILES string of the molecule is CC.CCNCC1CCOC1.[HH]. The van der Waals surface area contributed by atoms with Gasteiger partial charge in [-0.05, 0) is 18.9 Å². The third-order valence-corrected chi connectivity index (χ3v) is 1.71. The van der Waals surface area contributed by atoms with E-state index >= 15 is 0 Å². The Morgan fingerprint density at radius 1 is 1.55 bits per heavy atom. The Morgan fingerprint density at radius 3 is 2.73 bits per heavy atom. The van der Waals surface area contributed by atoms with Crippen LogP contribution in [0, 0.1) is 5.92 Å². The van der Waals surface area contributed by atoms with Gasteiger partial charge in [-0.1, -0.05) is 20.8 Å². The molecule has 1 saturated heterocycles. The Labute approximate surface area is 71.8 Å². The molecule has 1 aliphatic rings. The van der Waals surface area contributed by atoms with Crippen molar-refractivity contribution in [3.8, 4) is 0 Å². The van der Waals surface area contributed by atoms with E-state index in [-0.39, 0.29) is 1.43 Å². The summed E-state index contributed by atoms with van der Waals surface area (Å²) in [6, 6.07) is 0. The van der Waals surface area contributed by atoms with Gasteiger partial charge in [-0.3, -0.25) is 0 Å². The van der Waals surface area contributed by atoms with E-state index in [1.807, 2.05) is 13.8 Å². The van der Waals surface area contributed by atoms with Crippen molar-refractivity contribution in [2.75, 3.05) is 26.3 Å². The molecule has 11 heavy (non-hydrogen) atoms. The largest absolute Gasteiger partial charge is 0.381 e. The van der Waals surface area contributed by atoms with Gasteiger partial charge in [0, 0.05) is 14.6 Å². The molecule has 0 aliphatic carbocycles. The van der Waals surface area contributed by atoms with Gasteiger partial charge in [0.05, 0.1) is 6.61 Å². The molecule has 0 amide bonds. The van der Waals surface area contributed by atoms with Gasteiger partial charge >= 0.3 is 0 Å². The minimum absolute atomic E-state index is 0. The Bertz CT molecular complexity index is 74.9. The van der Waals surface area contributed by atoms with Crippen LogP contribution in [-0.2, 0) is 4.74 Å². The van der Waals surface area contributed by atoms with Crippen LogP contribution in [-0.4, -0.2) is 26.3 Å². The third-order valence-electron chi connectivity index (χ3n) is 1.71. The van der Waals surface area contributed by atoms with Gasteiger partial charge in [-0.2, -0.15) is 0 Å². The van der Waals surface area contributed by atoms with Crippen molar-refractivity contribution in [2.24, 2.45) is 5.92 Å². The molecule has 0 aromatic rings. The number of hydrogen-bond donors (Lipinski definition) is 1. The molecule has 2 heteroatoms. The van der Waals surface area contributed by atoms with Gasteiger partial charge in [-0.25, -0.2) is 0 Å². The van der Waals surface area contributed by atoms with E-state index in [2.05, 4.69) is 12.2 Å². The Balaban J connectivity index is 0. The minimum atomic E-state index is 0. The summed E-state index contributed by atoms with van der Waals surface area (Å²) in [4.78, 5) is 0. The van der Waals surface area contributed by atoms with Gasteiger partial charge in [0.25, 0.3) is 0 Å². The van der Waals surface area contributed by atoms with Gasteiger partial charge in [0.1, 0.15) is 0 Å². The standard InChI is InChI=1S/C7H15NO.C2H6.H2/c1-2-8-5-7-3-4-9-6-7;1-2;/h7-8H,2-6H2,1H3;1-2H3;1H. The first-order valence-electron chi connectivity index (χ1n) is 4.72. The molecular weight excluding hydrogens is 138 g/mol. The van der Waals surface area contributed by atoms with E-state index < -0.39 is 0 Å². The molecule has 0 saturated carbocycles. The van der Waals surface area contributed by atoms with Crippen LogP contribution >= 0.6 is 0 Å². The molecule has 1 heterocycles. The molecule has 0 spiro atoms. The number of hydrogen-bond acceptors (Lipinski definition) is 2. The summed E-state index contributed by atoms with van der Waals surface area (Å²) in [6.07, 6.45) is 1.24. The van der Waals surface area contributed by atoms with Gasteiger partial charge in [-0.15, -0.1) is 0 Å². The van der Waals surface area contributed by atoms with Crippen LogP contribution in [0.25, 0.3) is 0 Å². The summed E-state index contributed by atoms with van der Waals surface area (Å²) in [7, 11) is 0. The molecule has 2 nitrogen and oxygen atoms in total. The first-order valence-corrected chi connectivity index (χ1v) is 4.72. The Morgan fingerprint density at radius 2 is 2.27 bits per heavy atom. The summed E-state index contributed by atoms with van der Waals surface area (Å²) in [6.45, 7) is 10.3. The van der Waals surface area contributed by atoms with Crippen LogP contribution in [0.3, 0.4) is 0 Å². The van der Waals surface area contributed by atoms with E-state index in [1.54, 1.807) is 0 Å².